The van der Waals surface area contributed by atoms with Crippen LogP contribution in [0.3, 0.4) is 0 Å². The van der Waals surface area contributed by atoms with Crippen LogP contribution in [0.1, 0.15) is 59.8 Å². The Hall–Kier alpha value is -0.0831. The SMILES string of the molecule is C=C(C)C[C@@H]1CCCC[C@H]1O[Si](C)(C)C(C)(C)C. The summed E-state index contributed by atoms with van der Waals surface area (Å²) in [5, 5.41) is 0.318. The van der Waals surface area contributed by atoms with Crippen molar-refractivity contribution in [2.45, 2.75) is 84.0 Å². The van der Waals surface area contributed by atoms with Crippen LogP contribution in [0.4, 0.5) is 0 Å². The van der Waals surface area contributed by atoms with E-state index in [9.17, 15) is 0 Å². The molecule has 0 N–H and O–H groups in total. The Morgan fingerprint density at radius 3 is 2.28 bits per heavy atom. The lowest BCUT2D eigenvalue weighted by Crippen LogP contribution is -2.46. The zero-order valence-corrected chi connectivity index (χ0v) is 14.3. The van der Waals surface area contributed by atoms with Gasteiger partial charge in [-0.15, -0.1) is 6.58 Å². The minimum absolute atomic E-state index is 0.318. The number of hydrogen-bond acceptors (Lipinski definition) is 1. The highest BCUT2D eigenvalue weighted by Gasteiger charge is 2.41. The molecule has 0 aromatic carbocycles. The standard InChI is InChI=1S/C16H32OSi/c1-13(2)12-14-10-8-9-11-15(14)17-18(6,7)16(3,4)5/h14-15H,1,8-12H2,2-7H3/t14-,15+/m0/s1. The van der Waals surface area contributed by atoms with Crippen molar-refractivity contribution in [3.63, 3.8) is 0 Å². The molecule has 1 aliphatic carbocycles. The Morgan fingerprint density at radius 2 is 1.78 bits per heavy atom. The second-order valence-corrected chi connectivity index (χ2v) is 12.4. The van der Waals surface area contributed by atoms with Gasteiger partial charge in [-0.3, -0.25) is 0 Å². The fourth-order valence-corrected chi connectivity index (χ4v) is 3.99. The molecule has 0 aromatic heterocycles. The van der Waals surface area contributed by atoms with Gasteiger partial charge in [0.15, 0.2) is 8.32 Å². The second-order valence-electron chi connectivity index (χ2n) is 7.62. The molecule has 0 unspecified atom stereocenters. The predicted molar refractivity (Wildman–Crippen MR) is 83.5 cm³/mol. The van der Waals surface area contributed by atoms with Crippen LogP contribution in [-0.2, 0) is 4.43 Å². The summed E-state index contributed by atoms with van der Waals surface area (Å²) in [5.74, 6) is 0.713. The van der Waals surface area contributed by atoms with E-state index in [-0.39, 0.29) is 0 Å². The van der Waals surface area contributed by atoms with Gasteiger partial charge < -0.3 is 4.43 Å². The lowest BCUT2D eigenvalue weighted by molar-refractivity contribution is 0.0792. The molecule has 2 atom stereocenters. The van der Waals surface area contributed by atoms with E-state index in [1.54, 1.807) is 0 Å². The maximum absolute atomic E-state index is 6.65. The molecule has 0 amide bonds. The third-order valence-corrected chi connectivity index (χ3v) is 9.21. The van der Waals surface area contributed by atoms with Crippen LogP contribution in [0.15, 0.2) is 12.2 Å². The molecule has 0 bridgehead atoms. The molecule has 0 spiro atoms. The van der Waals surface area contributed by atoms with Gasteiger partial charge in [0.1, 0.15) is 0 Å². The molecule has 1 rings (SSSR count). The van der Waals surface area contributed by atoms with Crippen molar-refractivity contribution in [1.82, 2.24) is 0 Å². The van der Waals surface area contributed by atoms with E-state index in [1.807, 2.05) is 0 Å². The van der Waals surface area contributed by atoms with Gasteiger partial charge in [0.05, 0.1) is 0 Å². The average Bonchev–Trinajstić information content (AvgIpc) is 2.18. The Balaban J connectivity index is 2.70. The van der Waals surface area contributed by atoms with Crippen LogP contribution >= 0.6 is 0 Å². The van der Waals surface area contributed by atoms with E-state index < -0.39 is 8.32 Å². The van der Waals surface area contributed by atoms with Crippen LogP contribution in [0.2, 0.25) is 18.1 Å². The first kappa shape index (κ1) is 16.0. The maximum Gasteiger partial charge on any atom is 0.192 e. The van der Waals surface area contributed by atoms with Gasteiger partial charge in [0.25, 0.3) is 0 Å². The smallest absolute Gasteiger partial charge is 0.192 e. The first-order valence-corrected chi connectivity index (χ1v) is 10.4. The summed E-state index contributed by atoms with van der Waals surface area (Å²) in [6.07, 6.45) is 6.92. The van der Waals surface area contributed by atoms with Crippen LogP contribution in [0.25, 0.3) is 0 Å². The molecule has 1 aliphatic rings. The van der Waals surface area contributed by atoms with Gasteiger partial charge in [0, 0.05) is 6.10 Å². The molecular formula is C16H32OSi. The van der Waals surface area contributed by atoms with E-state index in [0.717, 1.165) is 6.42 Å². The first-order valence-electron chi connectivity index (χ1n) is 7.46. The van der Waals surface area contributed by atoms with E-state index in [2.05, 4.69) is 47.4 Å². The highest BCUT2D eigenvalue weighted by molar-refractivity contribution is 6.74. The van der Waals surface area contributed by atoms with E-state index in [1.165, 1.54) is 31.3 Å². The number of hydrogen-bond donors (Lipinski definition) is 0. The third kappa shape index (κ3) is 4.24. The summed E-state index contributed by atoms with van der Waals surface area (Å²) in [7, 11) is -1.61. The summed E-state index contributed by atoms with van der Waals surface area (Å²) < 4.78 is 6.65. The Labute approximate surface area is 115 Å². The Bertz CT molecular complexity index is 288. The molecule has 0 aromatic rings. The van der Waals surface area contributed by atoms with Gasteiger partial charge in [-0.25, -0.2) is 0 Å². The van der Waals surface area contributed by atoms with Crippen LogP contribution in [0, 0.1) is 5.92 Å². The molecule has 106 valence electrons. The van der Waals surface area contributed by atoms with Crippen molar-refractivity contribution in [1.29, 1.82) is 0 Å². The Morgan fingerprint density at radius 1 is 1.22 bits per heavy atom. The normalized spacial score (nSPS) is 26.1. The molecule has 1 saturated carbocycles. The monoisotopic (exact) mass is 268 g/mol. The van der Waals surface area contributed by atoms with Gasteiger partial charge >= 0.3 is 0 Å². The van der Waals surface area contributed by atoms with Gasteiger partial charge in [-0.1, -0.05) is 39.2 Å². The molecule has 2 heteroatoms. The molecule has 1 nitrogen and oxygen atoms in total. The molecular weight excluding hydrogens is 236 g/mol. The fraction of sp³-hybridized carbons (Fsp3) is 0.875. The highest BCUT2D eigenvalue weighted by Crippen LogP contribution is 2.41. The summed E-state index contributed by atoms with van der Waals surface area (Å²) >= 11 is 0. The van der Waals surface area contributed by atoms with Crippen molar-refractivity contribution in [3.8, 4) is 0 Å². The van der Waals surface area contributed by atoms with Crippen molar-refractivity contribution in [3.05, 3.63) is 12.2 Å². The predicted octanol–water partition coefficient (Wildman–Crippen LogP) is 5.53. The first-order chi connectivity index (χ1) is 8.13. The summed E-state index contributed by atoms with van der Waals surface area (Å²) in [6.45, 7) is 18.0. The van der Waals surface area contributed by atoms with Crippen molar-refractivity contribution in [2.24, 2.45) is 5.92 Å². The van der Waals surface area contributed by atoms with E-state index >= 15 is 0 Å². The molecule has 0 radical (unpaired) electrons. The fourth-order valence-electron chi connectivity index (χ4n) is 2.57. The lowest BCUT2D eigenvalue weighted by Gasteiger charge is -2.43. The molecule has 0 aliphatic heterocycles. The Kier molecular flexibility index (Phi) is 5.25. The van der Waals surface area contributed by atoms with E-state index in [4.69, 9.17) is 4.43 Å². The van der Waals surface area contributed by atoms with Crippen LogP contribution < -0.4 is 0 Å². The summed E-state index contributed by atoms with van der Waals surface area (Å²) in [5.41, 5.74) is 1.31. The number of allylic oxidation sites excluding steroid dienone is 1. The van der Waals surface area contributed by atoms with E-state index in [0.29, 0.717) is 17.1 Å². The minimum Gasteiger partial charge on any atom is -0.414 e. The topological polar surface area (TPSA) is 9.23 Å². The van der Waals surface area contributed by atoms with Crippen molar-refractivity contribution >= 4 is 8.32 Å². The average molecular weight is 269 g/mol. The quantitative estimate of drug-likeness (QED) is 0.481. The molecule has 0 saturated heterocycles. The maximum atomic E-state index is 6.65. The zero-order chi connectivity index (χ0) is 14.0. The number of rotatable bonds is 4. The molecule has 18 heavy (non-hydrogen) atoms. The highest BCUT2D eigenvalue weighted by atomic mass is 28.4. The summed E-state index contributed by atoms with van der Waals surface area (Å²) in [4.78, 5) is 0. The van der Waals surface area contributed by atoms with Gasteiger partial charge in [-0.05, 0) is 50.2 Å². The van der Waals surface area contributed by atoms with Crippen molar-refractivity contribution in [2.75, 3.05) is 0 Å². The van der Waals surface area contributed by atoms with Gasteiger partial charge in [-0.2, -0.15) is 0 Å². The minimum atomic E-state index is -1.61. The van der Waals surface area contributed by atoms with Crippen LogP contribution in [0.5, 0.6) is 0 Å². The lowest BCUT2D eigenvalue weighted by atomic mass is 9.83. The largest absolute Gasteiger partial charge is 0.414 e. The third-order valence-electron chi connectivity index (χ3n) is 4.70. The molecule has 1 fully saturated rings. The zero-order valence-electron chi connectivity index (χ0n) is 13.3. The second kappa shape index (κ2) is 5.92. The van der Waals surface area contributed by atoms with Crippen LogP contribution in [-0.4, -0.2) is 14.4 Å². The van der Waals surface area contributed by atoms with Crippen molar-refractivity contribution < 1.29 is 4.43 Å². The summed E-state index contributed by atoms with van der Waals surface area (Å²) in [6, 6.07) is 0. The molecule has 0 heterocycles. The van der Waals surface area contributed by atoms with Gasteiger partial charge in [0.2, 0.25) is 0 Å².